The number of amides is 2. The van der Waals surface area contributed by atoms with Crippen LogP contribution in [0.2, 0.25) is 0 Å². The van der Waals surface area contributed by atoms with E-state index in [2.05, 4.69) is 25.9 Å². The fraction of sp³-hybridized carbons (Fsp3) is 0.259. The Morgan fingerprint density at radius 2 is 1.75 bits per heavy atom. The van der Waals surface area contributed by atoms with Gasteiger partial charge in [0.25, 0.3) is 11.8 Å². The molecule has 3 aromatic rings. The number of halogens is 5. The number of benzene rings is 2. The van der Waals surface area contributed by atoms with Gasteiger partial charge in [-0.2, -0.15) is 22.0 Å². The first-order valence-electron chi connectivity index (χ1n) is 12.3. The highest BCUT2D eigenvalue weighted by atomic mass is 19.4. The van der Waals surface area contributed by atoms with E-state index in [0.29, 0.717) is 49.1 Å². The van der Waals surface area contributed by atoms with Crippen LogP contribution in [0, 0.1) is 0 Å². The molecule has 2 amide bonds. The topological polar surface area (TPSA) is 98.7 Å². The van der Waals surface area contributed by atoms with E-state index < -0.39 is 29.5 Å². The van der Waals surface area contributed by atoms with Crippen molar-refractivity contribution in [3.63, 3.8) is 0 Å². The Kier molecular flexibility index (Phi) is 7.34. The Morgan fingerprint density at radius 1 is 1.00 bits per heavy atom. The monoisotopic (exact) mass is 558 g/mol. The molecule has 13 heteroatoms. The van der Waals surface area contributed by atoms with Gasteiger partial charge in [0, 0.05) is 67.6 Å². The van der Waals surface area contributed by atoms with Crippen molar-refractivity contribution in [2.45, 2.75) is 18.6 Å². The number of pyridine rings is 1. The molecule has 0 unspecified atom stereocenters. The zero-order chi connectivity index (χ0) is 28.5. The molecule has 0 atom stereocenters. The Bertz CT molecular complexity index is 1480. The molecule has 5 rings (SSSR count). The van der Waals surface area contributed by atoms with Crippen molar-refractivity contribution in [3.8, 4) is 0 Å². The second kappa shape index (κ2) is 10.7. The van der Waals surface area contributed by atoms with Crippen molar-refractivity contribution in [1.29, 1.82) is 0 Å². The Hall–Kier alpha value is -4.23. The summed E-state index contributed by atoms with van der Waals surface area (Å²) >= 11 is 0. The van der Waals surface area contributed by atoms with E-state index in [0.717, 1.165) is 12.1 Å². The second-order valence-corrected chi connectivity index (χ2v) is 9.31. The summed E-state index contributed by atoms with van der Waals surface area (Å²) in [5.74, 6) is -5.98. The smallest absolute Gasteiger partial charge is 0.340 e. The highest BCUT2D eigenvalue weighted by molar-refractivity contribution is 6.13. The van der Waals surface area contributed by atoms with E-state index in [4.69, 9.17) is 0 Å². The summed E-state index contributed by atoms with van der Waals surface area (Å²) in [6, 6.07) is 10.8. The minimum Gasteiger partial charge on any atom is -0.340 e. The van der Waals surface area contributed by atoms with Crippen molar-refractivity contribution in [3.05, 3.63) is 82.5 Å². The third-order valence-corrected chi connectivity index (χ3v) is 6.58. The summed E-state index contributed by atoms with van der Waals surface area (Å²) < 4.78 is 68.6. The minimum absolute atomic E-state index is 0.0481. The molecule has 1 saturated heterocycles. The quantitative estimate of drug-likeness (QED) is 0.364. The van der Waals surface area contributed by atoms with Crippen molar-refractivity contribution >= 4 is 35.2 Å². The average molecular weight is 559 g/mol. The van der Waals surface area contributed by atoms with Crippen LogP contribution in [0.3, 0.4) is 0 Å². The molecule has 2 aliphatic rings. The van der Waals surface area contributed by atoms with E-state index in [9.17, 15) is 31.5 Å². The molecule has 3 heterocycles. The molecule has 0 spiro atoms. The van der Waals surface area contributed by atoms with Gasteiger partial charge in [0.15, 0.2) is 0 Å². The fourth-order valence-corrected chi connectivity index (χ4v) is 4.52. The average Bonchev–Trinajstić information content (AvgIpc) is 3.29. The molecule has 3 N–H and O–H groups in total. The summed E-state index contributed by atoms with van der Waals surface area (Å²) in [5.41, 5.74) is 0.255. The zero-order valence-corrected chi connectivity index (χ0v) is 20.9. The Balaban J connectivity index is 1.40. The maximum atomic E-state index is 14.4. The molecule has 0 radical (unpaired) electrons. The number of rotatable bonds is 7. The number of nitrogens with zero attached hydrogens (tertiary/aromatic N) is 3. The lowest BCUT2D eigenvalue weighted by molar-refractivity contribution is -0.289. The van der Waals surface area contributed by atoms with Gasteiger partial charge >= 0.3 is 12.1 Å². The number of aliphatic imine (C=N–C) groups is 1. The first-order chi connectivity index (χ1) is 19.0. The van der Waals surface area contributed by atoms with Crippen LogP contribution in [0.4, 0.5) is 39.1 Å². The molecule has 40 heavy (non-hydrogen) atoms. The fourth-order valence-electron chi connectivity index (χ4n) is 4.52. The van der Waals surface area contributed by atoms with Crippen LogP contribution < -0.4 is 16.0 Å². The van der Waals surface area contributed by atoms with Crippen LogP contribution in [-0.4, -0.2) is 60.3 Å². The number of carbonyl (C=O) groups excluding carboxylic acids is 2. The van der Waals surface area contributed by atoms with Crippen LogP contribution in [0.25, 0.3) is 0 Å². The summed E-state index contributed by atoms with van der Waals surface area (Å²) in [7, 11) is 0. The molecule has 0 bridgehead atoms. The van der Waals surface area contributed by atoms with Gasteiger partial charge in [0.2, 0.25) is 0 Å². The first kappa shape index (κ1) is 27.3. The van der Waals surface area contributed by atoms with Gasteiger partial charge < -0.3 is 16.0 Å². The summed E-state index contributed by atoms with van der Waals surface area (Å²) in [6.45, 7) is 1.94. The first-order valence-corrected chi connectivity index (χ1v) is 12.3. The normalized spacial score (nSPS) is 15.7. The molecule has 1 aromatic heterocycles. The Morgan fingerprint density at radius 3 is 2.50 bits per heavy atom. The van der Waals surface area contributed by atoms with Crippen molar-refractivity contribution < 1.29 is 31.5 Å². The van der Waals surface area contributed by atoms with Crippen molar-refractivity contribution in [2.24, 2.45) is 4.99 Å². The molecular formula is C27H23F5N6O2. The third kappa shape index (κ3) is 5.56. The van der Waals surface area contributed by atoms with Crippen molar-refractivity contribution in [2.75, 3.05) is 36.8 Å². The molecule has 208 valence electrons. The van der Waals surface area contributed by atoms with Crippen LogP contribution in [-0.2, 0) is 12.5 Å². The lowest BCUT2D eigenvalue weighted by Crippen LogP contribution is -2.43. The van der Waals surface area contributed by atoms with Gasteiger partial charge in [-0.1, -0.05) is 12.1 Å². The largest absolute Gasteiger partial charge is 0.458 e. The maximum absolute atomic E-state index is 14.4. The van der Waals surface area contributed by atoms with E-state index in [1.54, 1.807) is 23.1 Å². The number of nitrogens with one attached hydrogen (secondary N) is 3. The van der Waals surface area contributed by atoms with Crippen LogP contribution in [0.15, 0.2) is 59.7 Å². The summed E-state index contributed by atoms with van der Waals surface area (Å²) in [5, 5.41) is 8.66. The van der Waals surface area contributed by atoms with Gasteiger partial charge in [-0.15, -0.1) is 0 Å². The second-order valence-electron chi connectivity index (χ2n) is 9.31. The van der Waals surface area contributed by atoms with Crippen LogP contribution in [0.1, 0.15) is 37.4 Å². The highest BCUT2D eigenvalue weighted by Gasteiger charge is 2.59. The van der Waals surface area contributed by atoms with Gasteiger partial charge in [0.05, 0.1) is 11.1 Å². The molecule has 0 saturated carbocycles. The predicted octanol–water partition coefficient (Wildman–Crippen LogP) is 4.71. The molecule has 0 aliphatic carbocycles. The lowest BCUT2D eigenvalue weighted by atomic mass is 9.99. The molecule has 2 aliphatic heterocycles. The summed E-state index contributed by atoms with van der Waals surface area (Å²) in [6.07, 6.45) is -2.88. The van der Waals surface area contributed by atoms with Gasteiger partial charge in [-0.25, -0.2) is 9.98 Å². The number of anilines is 3. The van der Waals surface area contributed by atoms with Gasteiger partial charge in [-0.3, -0.25) is 14.5 Å². The number of aromatic nitrogens is 1. The SMILES string of the molecule is O=C1N=Cc2ccc(Nc3ncccc3C(=O)Nc3ccc(C(F)(F)C(F)(F)F)c(CN4CCNCC4)c3)cc21. The standard InChI is InChI=1S/C27H23F5N6O2/c28-26(29,27(30,31)32)22-6-5-18(12-17(22)15-38-10-8-33-9-11-38)37-25(40)20-2-1-7-34-23(20)36-19-4-3-16-14-35-24(39)21(16)13-19/h1-7,12-14,33H,8-11,15H2,(H,34,36)(H,37,40). The van der Waals surface area contributed by atoms with E-state index >= 15 is 0 Å². The number of hydrogen-bond donors (Lipinski definition) is 3. The van der Waals surface area contributed by atoms with E-state index in [1.165, 1.54) is 24.5 Å². The van der Waals surface area contributed by atoms with E-state index in [1.807, 2.05) is 0 Å². The number of carbonyl (C=O) groups is 2. The maximum Gasteiger partial charge on any atom is 0.458 e. The van der Waals surface area contributed by atoms with Crippen LogP contribution in [0.5, 0.6) is 0 Å². The Labute approximate surface area is 225 Å². The molecule has 1 fully saturated rings. The summed E-state index contributed by atoms with van der Waals surface area (Å²) in [4.78, 5) is 34.8. The van der Waals surface area contributed by atoms with E-state index in [-0.39, 0.29) is 29.2 Å². The number of piperazine rings is 1. The zero-order valence-electron chi connectivity index (χ0n) is 20.9. The number of alkyl halides is 5. The van der Waals surface area contributed by atoms with Crippen LogP contribution >= 0.6 is 0 Å². The molecule has 2 aromatic carbocycles. The lowest BCUT2D eigenvalue weighted by Gasteiger charge is -2.30. The van der Waals surface area contributed by atoms with Gasteiger partial charge in [-0.05, 0) is 42.0 Å². The van der Waals surface area contributed by atoms with Gasteiger partial charge in [0.1, 0.15) is 5.82 Å². The highest BCUT2D eigenvalue weighted by Crippen LogP contribution is 2.45. The molecular weight excluding hydrogens is 535 g/mol. The number of fused-ring (bicyclic) bond motifs is 1. The third-order valence-electron chi connectivity index (χ3n) is 6.58. The number of hydrogen-bond acceptors (Lipinski definition) is 6. The minimum atomic E-state index is -5.78. The van der Waals surface area contributed by atoms with Crippen molar-refractivity contribution in [1.82, 2.24) is 15.2 Å². The predicted molar refractivity (Wildman–Crippen MR) is 138 cm³/mol. The molecule has 8 nitrogen and oxygen atoms in total.